The number of rotatable bonds is 5. The topological polar surface area (TPSA) is 52.3 Å². The quantitative estimate of drug-likeness (QED) is 0.568. The number of ether oxygens (including phenoxy) is 1. The van der Waals surface area contributed by atoms with E-state index in [9.17, 15) is 4.79 Å². The fraction of sp³-hybridized carbons (Fsp3) is 0.833. The van der Waals surface area contributed by atoms with Crippen molar-refractivity contribution in [3.05, 3.63) is 0 Å². The normalized spacial score (nSPS) is 9.56. The molecule has 0 aliphatic carbocycles. The molecule has 0 rings (SSSR count). The van der Waals surface area contributed by atoms with Gasteiger partial charge in [0, 0.05) is 13.5 Å². The summed E-state index contributed by atoms with van der Waals surface area (Å²) < 4.78 is 4.61. The molecule has 0 aromatic heterocycles. The number of hydrogen-bond donors (Lipinski definition) is 1. The molecule has 3 nitrogen and oxygen atoms in total. The van der Waals surface area contributed by atoms with Crippen molar-refractivity contribution < 1.29 is 9.53 Å². The highest BCUT2D eigenvalue weighted by atomic mass is 16.5. The molecule has 0 saturated carbocycles. The zero-order valence-electron chi connectivity index (χ0n) is 5.72. The van der Waals surface area contributed by atoms with Crippen LogP contribution in [0.15, 0.2) is 0 Å². The van der Waals surface area contributed by atoms with Crippen molar-refractivity contribution in [2.24, 2.45) is 5.73 Å². The van der Waals surface area contributed by atoms with Gasteiger partial charge in [0.15, 0.2) is 5.78 Å². The van der Waals surface area contributed by atoms with Gasteiger partial charge in [-0.05, 0) is 13.0 Å². The number of Topliss-reactive ketones (excluding diaryl/α,β-unsaturated/α-hetero) is 1. The third kappa shape index (κ3) is 5.46. The number of methoxy groups -OCH3 is 1. The predicted molar refractivity (Wildman–Crippen MR) is 35.2 cm³/mol. The largest absolute Gasteiger partial charge is 0.377 e. The maximum atomic E-state index is 10.6. The molecule has 0 aliphatic rings. The van der Waals surface area contributed by atoms with E-state index in [1.165, 1.54) is 7.11 Å². The Hall–Kier alpha value is -0.410. The first-order valence-corrected chi connectivity index (χ1v) is 3.02. The molecule has 0 spiro atoms. The van der Waals surface area contributed by atoms with Crippen LogP contribution in [0.2, 0.25) is 0 Å². The van der Waals surface area contributed by atoms with Crippen molar-refractivity contribution in [3.63, 3.8) is 0 Å². The summed E-state index contributed by atoms with van der Waals surface area (Å²) in [5.74, 6) is 0.128. The molecular weight excluding hydrogens is 118 g/mol. The highest BCUT2D eigenvalue weighted by Gasteiger charge is 1.97. The molecule has 0 heterocycles. The first kappa shape index (κ1) is 8.59. The number of carbonyl (C=O) groups is 1. The summed E-state index contributed by atoms with van der Waals surface area (Å²) in [7, 11) is 1.51. The van der Waals surface area contributed by atoms with Crippen LogP contribution in [0, 0.1) is 0 Å². The molecule has 0 aliphatic heterocycles. The van der Waals surface area contributed by atoms with Crippen LogP contribution in [0.1, 0.15) is 12.8 Å². The standard InChI is InChI=1S/C6H13NO2/c1-9-5-6(8)3-2-4-7/h2-5,7H2,1H3. The van der Waals surface area contributed by atoms with E-state index in [-0.39, 0.29) is 12.4 Å². The van der Waals surface area contributed by atoms with Crippen LogP contribution in [-0.2, 0) is 9.53 Å². The SMILES string of the molecule is COCC(=O)CCCN. The molecule has 54 valence electrons. The second-order valence-corrected chi connectivity index (χ2v) is 1.86. The number of carbonyl (C=O) groups excluding carboxylic acids is 1. The monoisotopic (exact) mass is 131 g/mol. The molecule has 0 radical (unpaired) electrons. The van der Waals surface area contributed by atoms with Crippen LogP contribution >= 0.6 is 0 Å². The Morgan fingerprint density at radius 1 is 1.67 bits per heavy atom. The summed E-state index contributed by atoms with van der Waals surface area (Å²) in [5.41, 5.74) is 5.18. The third-order valence-corrected chi connectivity index (χ3v) is 0.965. The summed E-state index contributed by atoms with van der Waals surface area (Å²) in [5, 5.41) is 0. The highest BCUT2D eigenvalue weighted by molar-refractivity contribution is 5.79. The van der Waals surface area contributed by atoms with E-state index in [1.54, 1.807) is 0 Å². The average molecular weight is 131 g/mol. The van der Waals surface area contributed by atoms with Gasteiger partial charge in [0.25, 0.3) is 0 Å². The fourth-order valence-electron chi connectivity index (χ4n) is 0.532. The summed E-state index contributed by atoms with van der Waals surface area (Å²) in [4.78, 5) is 10.6. The van der Waals surface area contributed by atoms with Crippen molar-refractivity contribution >= 4 is 5.78 Å². The molecule has 9 heavy (non-hydrogen) atoms. The zero-order valence-corrected chi connectivity index (χ0v) is 5.72. The molecule has 0 bridgehead atoms. The van der Waals surface area contributed by atoms with Crippen molar-refractivity contribution in [2.75, 3.05) is 20.3 Å². The Kier molecular flexibility index (Phi) is 5.46. The van der Waals surface area contributed by atoms with Crippen molar-refractivity contribution in [3.8, 4) is 0 Å². The lowest BCUT2D eigenvalue weighted by Crippen LogP contribution is -2.09. The van der Waals surface area contributed by atoms with Crippen LogP contribution in [-0.4, -0.2) is 26.0 Å². The fourth-order valence-corrected chi connectivity index (χ4v) is 0.532. The van der Waals surface area contributed by atoms with Gasteiger partial charge in [0.1, 0.15) is 6.61 Å². The van der Waals surface area contributed by atoms with E-state index in [2.05, 4.69) is 4.74 Å². The van der Waals surface area contributed by atoms with Gasteiger partial charge in [0.2, 0.25) is 0 Å². The molecule has 0 aromatic carbocycles. The predicted octanol–water partition coefficient (Wildman–Crippen LogP) is -0.0592. The van der Waals surface area contributed by atoms with Crippen LogP contribution in [0.3, 0.4) is 0 Å². The van der Waals surface area contributed by atoms with E-state index in [4.69, 9.17) is 5.73 Å². The van der Waals surface area contributed by atoms with E-state index < -0.39 is 0 Å². The summed E-state index contributed by atoms with van der Waals surface area (Å²) >= 11 is 0. The molecule has 0 amide bonds. The van der Waals surface area contributed by atoms with Gasteiger partial charge in [-0.2, -0.15) is 0 Å². The molecule has 0 unspecified atom stereocenters. The minimum Gasteiger partial charge on any atom is -0.377 e. The summed E-state index contributed by atoms with van der Waals surface area (Å²) in [6, 6.07) is 0. The number of hydrogen-bond acceptors (Lipinski definition) is 3. The minimum absolute atomic E-state index is 0.128. The van der Waals surface area contributed by atoms with Gasteiger partial charge in [-0.15, -0.1) is 0 Å². The second-order valence-electron chi connectivity index (χ2n) is 1.86. The van der Waals surface area contributed by atoms with E-state index in [1.807, 2.05) is 0 Å². The van der Waals surface area contributed by atoms with Crippen LogP contribution < -0.4 is 5.73 Å². The maximum Gasteiger partial charge on any atom is 0.158 e. The molecule has 0 atom stereocenters. The maximum absolute atomic E-state index is 10.6. The molecule has 3 heteroatoms. The molecular formula is C6H13NO2. The van der Waals surface area contributed by atoms with Crippen LogP contribution in [0.5, 0.6) is 0 Å². The van der Waals surface area contributed by atoms with Gasteiger partial charge in [-0.3, -0.25) is 4.79 Å². The summed E-state index contributed by atoms with van der Waals surface area (Å²) in [6.45, 7) is 0.801. The highest BCUT2D eigenvalue weighted by Crippen LogP contribution is 1.87. The molecule has 0 fully saturated rings. The van der Waals surface area contributed by atoms with Crippen molar-refractivity contribution in [2.45, 2.75) is 12.8 Å². The number of ketones is 1. The van der Waals surface area contributed by atoms with Crippen molar-refractivity contribution in [1.82, 2.24) is 0 Å². The number of nitrogens with two attached hydrogens (primary N) is 1. The van der Waals surface area contributed by atoms with Gasteiger partial charge in [0.05, 0.1) is 0 Å². The Balaban J connectivity index is 3.06. The Labute approximate surface area is 55.2 Å². The second kappa shape index (κ2) is 5.72. The van der Waals surface area contributed by atoms with E-state index >= 15 is 0 Å². The van der Waals surface area contributed by atoms with Crippen LogP contribution in [0.4, 0.5) is 0 Å². The lowest BCUT2D eigenvalue weighted by atomic mass is 10.2. The van der Waals surface area contributed by atoms with Crippen LogP contribution in [0.25, 0.3) is 0 Å². The first-order valence-electron chi connectivity index (χ1n) is 3.02. The third-order valence-electron chi connectivity index (χ3n) is 0.965. The van der Waals surface area contributed by atoms with E-state index in [0.29, 0.717) is 13.0 Å². The smallest absolute Gasteiger partial charge is 0.158 e. The molecule has 0 saturated heterocycles. The van der Waals surface area contributed by atoms with Crippen molar-refractivity contribution in [1.29, 1.82) is 0 Å². The lowest BCUT2D eigenvalue weighted by molar-refractivity contribution is -0.122. The summed E-state index contributed by atoms with van der Waals surface area (Å²) in [6.07, 6.45) is 1.31. The van der Waals surface area contributed by atoms with Gasteiger partial charge >= 0.3 is 0 Å². The Morgan fingerprint density at radius 3 is 2.78 bits per heavy atom. The minimum atomic E-state index is 0.128. The molecule has 2 N–H and O–H groups in total. The first-order chi connectivity index (χ1) is 4.31. The van der Waals surface area contributed by atoms with Gasteiger partial charge in [-0.25, -0.2) is 0 Å². The lowest BCUT2D eigenvalue weighted by Gasteiger charge is -1.95. The van der Waals surface area contributed by atoms with Gasteiger partial charge < -0.3 is 10.5 Å². The Morgan fingerprint density at radius 2 is 2.33 bits per heavy atom. The van der Waals surface area contributed by atoms with Gasteiger partial charge in [-0.1, -0.05) is 0 Å². The zero-order chi connectivity index (χ0) is 7.11. The molecule has 0 aromatic rings. The average Bonchev–Trinajstić information content (AvgIpc) is 1.85. The van der Waals surface area contributed by atoms with E-state index in [0.717, 1.165) is 6.42 Å². The Bertz CT molecular complexity index is 83.1.